The first-order valence-corrected chi connectivity index (χ1v) is 4.90. The van der Waals surface area contributed by atoms with Gasteiger partial charge in [0.2, 0.25) is 5.91 Å². The molecule has 88 valence electrons. The molecular formula is C9H18N2O4. The lowest BCUT2D eigenvalue weighted by molar-refractivity contribution is -0.148. The summed E-state index contributed by atoms with van der Waals surface area (Å²) in [6.07, 6.45) is 0.567. The van der Waals surface area contributed by atoms with Crippen LogP contribution in [0.25, 0.3) is 0 Å². The molecule has 15 heavy (non-hydrogen) atoms. The van der Waals surface area contributed by atoms with Crippen molar-refractivity contribution in [1.82, 2.24) is 5.32 Å². The first kappa shape index (κ1) is 13.9. The van der Waals surface area contributed by atoms with Crippen LogP contribution in [0.15, 0.2) is 0 Å². The molecule has 0 rings (SSSR count). The van der Waals surface area contributed by atoms with E-state index in [2.05, 4.69) is 10.1 Å². The smallest absolute Gasteiger partial charge is 0.332 e. The Hall–Kier alpha value is -1.14. The van der Waals surface area contributed by atoms with Crippen molar-refractivity contribution in [3.05, 3.63) is 0 Å². The number of carbonyl (C=O) groups excluding carboxylic acids is 2. The van der Waals surface area contributed by atoms with Gasteiger partial charge in [0.25, 0.3) is 0 Å². The monoisotopic (exact) mass is 218 g/mol. The topological polar surface area (TPSA) is 102 Å². The van der Waals surface area contributed by atoms with E-state index in [4.69, 9.17) is 10.8 Å². The molecule has 6 nitrogen and oxygen atoms in total. The highest BCUT2D eigenvalue weighted by molar-refractivity contribution is 6.01. The number of hydrogen-bond donors (Lipinski definition) is 3. The van der Waals surface area contributed by atoms with E-state index in [-0.39, 0.29) is 19.3 Å². The average molecular weight is 218 g/mol. The predicted molar refractivity (Wildman–Crippen MR) is 53.9 cm³/mol. The Morgan fingerprint density at radius 1 is 1.47 bits per heavy atom. The summed E-state index contributed by atoms with van der Waals surface area (Å²) in [5, 5.41) is 11.3. The molecular weight excluding hydrogens is 200 g/mol. The third-order valence-corrected chi connectivity index (χ3v) is 1.88. The highest BCUT2D eigenvalue weighted by Crippen LogP contribution is 1.92. The first-order valence-electron chi connectivity index (χ1n) is 4.90. The zero-order valence-electron chi connectivity index (χ0n) is 9.03. The van der Waals surface area contributed by atoms with E-state index >= 15 is 0 Å². The van der Waals surface area contributed by atoms with E-state index < -0.39 is 17.9 Å². The molecule has 0 bridgehead atoms. The van der Waals surface area contributed by atoms with Gasteiger partial charge in [-0.1, -0.05) is 6.92 Å². The second-order valence-electron chi connectivity index (χ2n) is 3.03. The van der Waals surface area contributed by atoms with E-state index in [9.17, 15) is 9.59 Å². The molecule has 0 saturated heterocycles. The van der Waals surface area contributed by atoms with E-state index in [0.717, 1.165) is 0 Å². The number of ether oxygens (including phenoxy) is 1. The van der Waals surface area contributed by atoms with Crippen molar-refractivity contribution in [2.45, 2.75) is 32.4 Å². The van der Waals surface area contributed by atoms with Crippen LogP contribution in [0.1, 0.15) is 20.3 Å². The maximum absolute atomic E-state index is 11.3. The number of carbonyl (C=O) groups is 2. The van der Waals surface area contributed by atoms with Crippen LogP contribution in [0.5, 0.6) is 0 Å². The normalized spacial score (nSPS) is 14.1. The van der Waals surface area contributed by atoms with Gasteiger partial charge in [-0.15, -0.1) is 0 Å². The fraction of sp³-hybridized carbons (Fsp3) is 0.778. The minimum absolute atomic E-state index is 0.178. The number of rotatable bonds is 6. The van der Waals surface area contributed by atoms with Crippen molar-refractivity contribution in [3.63, 3.8) is 0 Å². The van der Waals surface area contributed by atoms with Gasteiger partial charge in [0, 0.05) is 0 Å². The lowest BCUT2D eigenvalue weighted by atomic mass is 10.2. The molecule has 0 fully saturated rings. The molecule has 2 atom stereocenters. The van der Waals surface area contributed by atoms with Crippen LogP contribution in [0, 0.1) is 0 Å². The Labute approximate surface area is 88.8 Å². The zero-order chi connectivity index (χ0) is 11.8. The van der Waals surface area contributed by atoms with Crippen molar-refractivity contribution in [1.29, 1.82) is 0 Å². The maximum atomic E-state index is 11.3. The Balaban J connectivity index is 4.14. The molecule has 0 radical (unpaired) electrons. The largest absolute Gasteiger partial charge is 0.464 e. The fourth-order valence-corrected chi connectivity index (χ4v) is 0.907. The number of aliphatic hydroxyl groups is 1. The van der Waals surface area contributed by atoms with Crippen molar-refractivity contribution in [3.8, 4) is 0 Å². The van der Waals surface area contributed by atoms with Crippen LogP contribution < -0.4 is 11.1 Å². The second-order valence-corrected chi connectivity index (χ2v) is 3.03. The molecule has 0 aromatic carbocycles. The fourth-order valence-electron chi connectivity index (χ4n) is 0.907. The van der Waals surface area contributed by atoms with Gasteiger partial charge < -0.3 is 20.9 Å². The molecule has 0 aliphatic rings. The second kappa shape index (κ2) is 7.19. The van der Waals surface area contributed by atoms with Gasteiger partial charge in [-0.3, -0.25) is 4.79 Å². The van der Waals surface area contributed by atoms with Crippen LogP contribution >= 0.6 is 0 Å². The summed E-state index contributed by atoms with van der Waals surface area (Å²) >= 11 is 0. The van der Waals surface area contributed by atoms with Crippen molar-refractivity contribution < 1.29 is 19.4 Å². The highest BCUT2D eigenvalue weighted by atomic mass is 16.5. The number of amides is 1. The number of hydrogen-bond acceptors (Lipinski definition) is 5. The lowest BCUT2D eigenvalue weighted by Crippen LogP contribution is -2.50. The molecule has 0 heterocycles. The predicted octanol–water partition coefficient (Wildman–Crippen LogP) is -1.24. The van der Waals surface area contributed by atoms with E-state index in [1.807, 2.05) is 0 Å². The van der Waals surface area contributed by atoms with Crippen LogP contribution in [-0.2, 0) is 14.3 Å². The average Bonchev–Trinajstić information content (AvgIpc) is 2.24. The van der Waals surface area contributed by atoms with E-state index in [1.165, 1.54) is 0 Å². The van der Waals surface area contributed by atoms with Crippen molar-refractivity contribution >= 4 is 11.9 Å². The number of nitrogens with two attached hydrogens (primary N) is 1. The van der Waals surface area contributed by atoms with E-state index in [0.29, 0.717) is 6.42 Å². The zero-order valence-corrected chi connectivity index (χ0v) is 9.03. The molecule has 0 aromatic heterocycles. The summed E-state index contributed by atoms with van der Waals surface area (Å²) in [5.41, 5.74) is 5.34. The molecule has 0 aliphatic heterocycles. The number of nitrogens with one attached hydrogen (secondary N) is 1. The molecule has 0 aliphatic carbocycles. The molecule has 0 saturated carbocycles. The van der Waals surface area contributed by atoms with Gasteiger partial charge in [-0.25, -0.2) is 4.79 Å². The molecule has 0 spiro atoms. The van der Waals surface area contributed by atoms with Crippen LogP contribution in [-0.4, -0.2) is 42.3 Å². The van der Waals surface area contributed by atoms with Crippen LogP contribution in [0.2, 0.25) is 0 Å². The van der Waals surface area contributed by atoms with Gasteiger partial charge in [-0.2, -0.15) is 0 Å². The standard InChI is InChI=1S/C9H18N2O4/c1-3-6(5-12)11-8(13)7(10)9(14)15-4-2/h6-7,12H,3-5,10H2,1-2H3,(H,11,13). The Bertz CT molecular complexity index is 216. The minimum Gasteiger partial charge on any atom is -0.464 e. The third kappa shape index (κ3) is 4.75. The number of esters is 1. The Morgan fingerprint density at radius 2 is 2.07 bits per heavy atom. The maximum Gasteiger partial charge on any atom is 0.332 e. The summed E-state index contributed by atoms with van der Waals surface area (Å²) in [4.78, 5) is 22.4. The van der Waals surface area contributed by atoms with Crippen molar-refractivity contribution in [2.75, 3.05) is 13.2 Å². The van der Waals surface area contributed by atoms with Gasteiger partial charge in [0.15, 0.2) is 6.04 Å². The summed E-state index contributed by atoms with van der Waals surface area (Å²) in [6.45, 7) is 3.43. The quantitative estimate of drug-likeness (QED) is 0.382. The van der Waals surface area contributed by atoms with Crippen molar-refractivity contribution in [2.24, 2.45) is 5.73 Å². The van der Waals surface area contributed by atoms with Crippen LogP contribution in [0.4, 0.5) is 0 Å². The summed E-state index contributed by atoms with van der Waals surface area (Å²) in [7, 11) is 0. The van der Waals surface area contributed by atoms with E-state index in [1.54, 1.807) is 13.8 Å². The molecule has 1 amide bonds. The molecule has 0 aromatic rings. The molecule has 6 heteroatoms. The Kier molecular flexibility index (Phi) is 6.64. The first-order chi connectivity index (χ1) is 7.06. The highest BCUT2D eigenvalue weighted by Gasteiger charge is 2.24. The summed E-state index contributed by atoms with van der Waals surface area (Å²) in [5.74, 6) is -1.39. The van der Waals surface area contributed by atoms with Crippen LogP contribution in [0.3, 0.4) is 0 Å². The summed E-state index contributed by atoms with van der Waals surface area (Å²) in [6, 6.07) is -1.71. The summed E-state index contributed by atoms with van der Waals surface area (Å²) < 4.78 is 4.59. The molecule has 2 unspecified atom stereocenters. The van der Waals surface area contributed by atoms with Gasteiger partial charge in [-0.05, 0) is 13.3 Å². The van der Waals surface area contributed by atoms with Gasteiger partial charge in [0.1, 0.15) is 0 Å². The Morgan fingerprint density at radius 3 is 2.47 bits per heavy atom. The molecule has 4 N–H and O–H groups in total. The van der Waals surface area contributed by atoms with Gasteiger partial charge in [0.05, 0.1) is 19.3 Å². The minimum atomic E-state index is -1.33. The SMILES string of the molecule is CCOC(=O)C(N)C(=O)NC(CC)CO. The lowest BCUT2D eigenvalue weighted by Gasteiger charge is -2.16. The van der Waals surface area contributed by atoms with Gasteiger partial charge >= 0.3 is 5.97 Å². The number of aliphatic hydroxyl groups excluding tert-OH is 1. The third-order valence-electron chi connectivity index (χ3n) is 1.88.